The zero-order valence-corrected chi connectivity index (χ0v) is 11.5. The van der Waals surface area contributed by atoms with E-state index in [1.165, 1.54) is 0 Å². The van der Waals surface area contributed by atoms with Gasteiger partial charge < -0.3 is 9.84 Å². The Labute approximate surface area is 114 Å². The Bertz CT molecular complexity index is 613. The lowest BCUT2D eigenvalue weighted by molar-refractivity contribution is 0.411. The van der Waals surface area contributed by atoms with Crippen LogP contribution < -0.4 is 4.74 Å². The van der Waals surface area contributed by atoms with E-state index in [4.69, 9.17) is 4.74 Å². The Morgan fingerprint density at radius 3 is 2.05 bits per heavy atom. The summed E-state index contributed by atoms with van der Waals surface area (Å²) in [7, 11) is 1.67. The van der Waals surface area contributed by atoms with Gasteiger partial charge in [-0.15, -0.1) is 0 Å². The molecule has 0 aliphatic heterocycles. The van der Waals surface area contributed by atoms with Crippen LogP contribution in [-0.4, -0.2) is 12.2 Å². The molecule has 0 fully saturated rings. The van der Waals surface area contributed by atoms with Crippen molar-refractivity contribution < 1.29 is 9.84 Å². The minimum absolute atomic E-state index is 0.323. The van der Waals surface area contributed by atoms with Crippen molar-refractivity contribution in [2.24, 2.45) is 0 Å². The van der Waals surface area contributed by atoms with Gasteiger partial charge in [0.2, 0.25) is 0 Å². The van der Waals surface area contributed by atoms with Crippen LogP contribution in [0.25, 0.3) is 12.2 Å². The molecule has 0 amide bonds. The molecule has 0 saturated heterocycles. The van der Waals surface area contributed by atoms with Gasteiger partial charge in [0.25, 0.3) is 0 Å². The molecule has 0 bridgehead atoms. The van der Waals surface area contributed by atoms with E-state index < -0.39 is 0 Å². The van der Waals surface area contributed by atoms with E-state index in [0.717, 1.165) is 28.0 Å². The number of phenolic OH excluding ortho intramolecular Hbond substituents is 1. The minimum Gasteiger partial charge on any atom is -0.508 e. The summed E-state index contributed by atoms with van der Waals surface area (Å²) in [5, 5.41) is 9.66. The molecule has 2 nitrogen and oxygen atoms in total. The second-order valence-corrected chi connectivity index (χ2v) is 4.61. The van der Waals surface area contributed by atoms with Crippen LogP contribution in [0, 0.1) is 13.8 Å². The molecular weight excluding hydrogens is 236 g/mol. The van der Waals surface area contributed by atoms with Gasteiger partial charge in [-0.05, 0) is 48.2 Å². The predicted octanol–water partition coefficient (Wildman–Crippen LogP) is 4.19. The van der Waals surface area contributed by atoms with E-state index in [1.807, 2.05) is 56.3 Å². The number of hydrogen-bond donors (Lipinski definition) is 1. The van der Waals surface area contributed by atoms with Crippen LogP contribution >= 0.6 is 0 Å². The summed E-state index contributed by atoms with van der Waals surface area (Å²) in [5.41, 5.74) is 4.05. The summed E-state index contributed by atoms with van der Waals surface area (Å²) < 4.78 is 5.30. The number of phenols is 1. The van der Waals surface area contributed by atoms with Gasteiger partial charge in [0.1, 0.15) is 11.5 Å². The second-order valence-electron chi connectivity index (χ2n) is 4.61. The monoisotopic (exact) mass is 254 g/mol. The largest absolute Gasteiger partial charge is 0.508 e. The first-order valence-corrected chi connectivity index (χ1v) is 6.22. The van der Waals surface area contributed by atoms with Crippen molar-refractivity contribution in [2.75, 3.05) is 7.11 Å². The molecule has 1 N–H and O–H groups in total. The van der Waals surface area contributed by atoms with Crippen molar-refractivity contribution in [1.29, 1.82) is 0 Å². The topological polar surface area (TPSA) is 29.5 Å². The first-order valence-electron chi connectivity index (χ1n) is 6.22. The fraction of sp³-hybridized carbons (Fsp3) is 0.176. The van der Waals surface area contributed by atoms with Gasteiger partial charge in [-0.25, -0.2) is 0 Å². The fourth-order valence-corrected chi connectivity index (χ4v) is 1.86. The number of methoxy groups -OCH3 is 1. The van der Waals surface area contributed by atoms with E-state index in [1.54, 1.807) is 13.2 Å². The summed E-state index contributed by atoms with van der Waals surface area (Å²) >= 11 is 0. The van der Waals surface area contributed by atoms with E-state index >= 15 is 0 Å². The molecule has 0 atom stereocenters. The van der Waals surface area contributed by atoms with E-state index in [0.29, 0.717) is 5.75 Å². The summed E-state index contributed by atoms with van der Waals surface area (Å²) in [5.74, 6) is 1.21. The predicted molar refractivity (Wildman–Crippen MR) is 79.5 cm³/mol. The highest BCUT2D eigenvalue weighted by Gasteiger charge is 1.98. The highest BCUT2D eigenvalue weighted by molar-refractivity contribution is 5.71. The molecule has 0 spiro atoms. The summed E-state index contributed by atoms with van der Waals surface area (Å²) in [6.45, 7) is 3.90. The quantitative estimate of drug-likeness (QED) is 0.832. The van der Waals surface area contributed by atoms with Gasteiger partial charge >= 0.3 is 0 Å². The van der Waals surface area contributed by atoms with Gasteiger partial charge in [0.15, 0.2) is 0 Å². The van der Waals surface area contributed by atoms with Crippen LogP contribution in [0.3, 0.4) is 0 Å². The molecule has 0 heterocycles. The highest BCUT2D eigenvalue weighted by Crippen LogP contribution is 2.22. The van der Waals surface area contributed by atoms with Crippen molar-refractivity contribution in [3.63, 3.8) is 0 Å². The summed E-state index contributed by atoms with van der Waals surface area (Å²) in [4.78, 5) is 0. The maximum Gasteiger partial charge on any atom is 0.122 e. The molecule has 2 aromatic carbocycles. The van der Waals surface area contributed by atoms with Crippen LogP contribution in [0.1, 0.15) is 22.3 Å². The van der Waals surface area contributed by atoms with Crippen LogP contribution in [-0.2, 0) is 0 Å². The number of rotatable bonds is 3. The molecule has 19 heavy (non-hydrogen) atoms. The lowest BCUT2D eigenvalue weighted by atomic mass is 10.1. The molecule has 0 unspecified atom stereocenters. The molecular formula is C17H18O2. The molecule has 0 aromatic heterocycles. The lowest BCUT2D eigenvalue weighted by Gasteiger charge is -2.05. The maximum absolute atomic E-state index is 9.66. The maximum atomic E-state index is 9.66. The fourth-order valence-electron chi connectivity index (χ4n) is 1.86. The van der Waals surface area contributed by atoms with Gasteiger partial charge in [-0.1, -0.05) is 36.4 Å². The summed E-state index contributed by atoms with van der Waals surface area (Å²) in [6, 6.07) is 11.7. The smallest absolute Gasteiger partial charge is 0.122 e. The first kappa shape index (κ1) is 13.2. The Morgan fingerprint density at radius 1 is 0.895 bits per heavy atom. The third kappa shape index (κ3) is 3.16. The zero-order valence-electron chi connectivity index (χ0n) is 11.5. The number of benzene rings is 2. The molecule has 0 radical (unpaired) electrons. The molecule has 98 valence electrons. The second kappa shape index (κ2) is 5.61. The van der Waals surface area contributed by atoms with E-state index in [2.05, 4.69) is 0 Å². The standard InChI is InChI=1S/C17H18O2/c1-12-4-6-14(10-16(12)18)8-9-15-7-5-13(2)17(11-15)19-3/h4-11,18H,1-3H3/b9-8+. The van der Waals surface area contributed by atoms with Crippen molar-refractivity contribution >= 4 is 12.2 Å². The van der Waals surface area contributed by atoms with Crippen molar-refractivity contribution in [2.45, 2.75) is 13.8 Å². The number of aromatic hydroxyl groups is 1. The van der Waals surface area contributed by atoms with Crippen molar-refractivity contribution in [3.05, 3.63) is 58.7 Å². The van der Waals surface area contributed by atoms with Gasteiger partial charge in [-0.2, -0.15) is 0 Å². The van der Waals surface area contributed by atoms with Crippen LogP contribution in [0.4, 0.5) is 0 Å². The summed E-state index contributed by atoms with van der Waals surface area (Å²) in [6.07, 6.45) is 3.98. The van der Waals surface area contributed by atoms with E-state index in [9.17, 15) is 5.11 Å². The Morgan fingerprint density at radius 2 is 1.47 bits per heavy atom. The number of hydrogen-bond acceptors (Lipinski definition) is 2. The van der Waals surface area contributed by atoms with E-state index in [-0.39, 0.29) is 0 Å². The van der Waals surface area contributed by atoms with Crippen molar-refractivity contribution in [1.82, 2.24) is 0 Å². The Hall–Kier alpha value is -2.22. The molecule has 2 aromatic rings. The molecule has 2 heteroatoms. The molecule has 0 aliphatic rings. The Kier molecular flexibility index (Phi) is 3.91. The number of aryl methyl sites for hydroxylation is 2. The van der Waals surface area contributed by atoms with Crippen LogP contribution in [0.2, 0.25) is 0 Å². The SMILES string of the molecule is COc1cc(/C=C/c2ccc(C)c(O)c2)ccc1C. The minimum atomic E-state index is 0.323. The molecule has 2 rings (SSSR count). The zero-order chi connectivity index (χ0) is 13.8. The Balaban J connectivity index is 2.24. The lowest BCUT2D eigenvalue weighted by Crippen LogP contribution is -1.87. The molecule has 0 saturated carbocycles. The molecule has 0 aliphatic carbocycles. The van der Waals surface area contributed by atoms with Crippen LogP contribution in [0.15, 0.2) is 36.4 Å². The van der Waals surface area contributed by atoms with Gasteiger partial charge in [0, 0.05) is 0 Å². The first-order chi connectivity index (χ1) is 9.10. The average Bonchev–Trinajstić information content (AvgIpc) is 2.41. The third-order valence-electron chi connectivity index (χ3n) is 3.13. The number of ether oxygens (including phenoxy) is 1. The van der Waals surface area contributed by atoms with Gasteiger partial charge in [0.05, 0.1) is 7.11 Å². The average molecular weight is 254 g/mol. The highest BCUT2D eigenvalue weighted by atomic mass is 16.5. The van der Waals surface area contributed by atoms with Gasteiger partial charge in [-0.3, -0.25) is 0 Å². The normalized spacial score (nSPS) is 10.9. The van der Waals surface area contributed by atoms with Crippen LogP contribution in [0.5, 0.6) is 11.5 Å². The van der Waals surface area contributed by atoms with Crippen molar-refractivity contribution in [3.8, 4) is 11.5 Å². The third-order valence-corrected chi connectivity index (χ3v) is 3.13.